The number of aromatic nitrogens is 2. The summed E-state index contributed by atoms with van der Waals surface area (Å²) in [6.07, 6.45) is -25.0. The highest BCUT2D eigenvalue weighted by atomic mass is 19.4. The summed E-state index contributed by atoms with van der Waals surface area (Å²) in [6, 6.07) is 47.8. The maximum absolute atomic E-state index is 15.4. The number of halogens is 15. The molecule has 0 atom stereocenters. The SMILES string of the molecule is [C-]#[N+]c1ccc(-c2ccc(-n3c4ccc(-c5cc(C)cc(C(F)(F)F)c5)cc4c4cc(-c5cc(C(F)(F)F)cc(C(F)(F)F)c5)ccc43)c(-c3c(C#N)cccc3-n3c4ccc(-c5cc(C)cc(C)c5)cc4c4cc(-c5cc(C)cc(C(F)(F)F)c5)ccc43)c2)c(C(F)(F)F)c1. The number of rotatable bonds is 8. The second-order valence-electron chi connectivity index (χ2n) is 23.8. The molecule has 96 heavy (non-hydrogen) atoms. The van der Waals surface area contributed by atoms with Crippen LogP contribution >= 0.6 is 0 Å². The predicted octanol–water partition coefficient (Wildman–Crippen LogP) is 24.6. The fourth-order valence-electron chi connectivity index (χ4n) is 13.1. The Kier molecular flexibility index (Phi) is 15.2. The summed E-state index contributed by atoms with van der Waals surface area (Å²) in [4.78, 5) is 3.25. The van der Waals surface area contributed by atoms with Crippen LogP contribution in [0, 0.1) is 45.6 Å². The van der Waals surface area contributed by atoms with Gasteiger partial charge >= 0.3 is 30.9 Å². The maximum Gasteiger partial charge on any atom is 0.416 e. The number of alkyl halides is 15. The van der Waals surface area contributed by atoms with Crippen LogP contribution < -0.4 is 0 Å². The van der Waals surface area contributed by atoms with Crippen molar-refractivity contribution in [1.82, 2.24) is 9.13 Å². The number of nitriles is 1. The summed E-state index contributed by atoms with van der Waals surface area (Å²) < 4.78 is 223. The van der Waals surface area contributed by atoms with E-state index in [9.17, 15) is 57.9 Å². The van der Waals surface area contributed by atoms with Crippen molar-refractivity contribution in [2.75, 3.05) is 0 Å². The van der Waals surface area contributed by atoms with Crippen LogP contribution in [0.4, 0.5) is 71.5 Å². The highest BCUT2D eigenvalue weighted by molar-refractivity contribution is 6.14. The molecule has 11 aromatic carbocycles. The lowest BCUT2D eigenvalue weighted by molar-refractivity contribution is -0.143. The molecule has 4 nitrogen and oxygen atoms in total. The summed E-state index contributed by atoms with van der Waals surface area (Å²) in [7, 11) is 0. The molecule has 0 saturated carbocycles. The van der Waals surface area contributed by atoms with Gasteiger partial charge in [0.1, 0.15) is 0 Å². The molecule has 13 rings (SSSR count). The minimum atomic E-state index is -5.24. The first kappa shape index (κ1) is 63.7. The van der Waals surface area contributed by atoms with Gasteiger partial charge in [0.15, 0.2) is 5.69 Å². The molecule has 0 unspecified atom stereocenters. The summed E-state index contributed by atoms with van der Waals surface area (Å²) >= 11 is 0. The van der Waals surface area contributed by atoms with E-state index in [1.165, 1.54) is 79.7 Å². The van der Waals surface area contributed by atoms with Crippen LogP contribution in [0.15, 0.2) is 200 Å². The van der Waals surface area contributed by atoms with Gasteiger partial charge in [0.05, 0.1) is 79.5 Å². The third-order valence-corrected chi connectivity index (χ3v) is 17.1. The van der Waals surface area contributed by atoms with E-state index in [1.54, 1.807) is 47.9 Å². The lowest BCUT2D eigenvalue weighted by atomic mass is 9.91. The van der Waals surface area contributed by atoms with Gasteiger partial charge in [0.25, 0.3) is 0 Å². The van der Waals surface area contributed by atoms with Crippen LogP contribution in [0.5, 0.6) is 0 Å². The van der Waals surface area contributed by atoms with Gasteiger partial charge in [-0.3, -0.25) is 0 Å². The van der Waals surface area contributed by atoms with Crippen molar-refractivity contribution in [2.24, 2.45) is 0 Å². The third-order valence-electron chi connectivity index (χ3n) is 17.1. The van der Waals surface area contributed by atoms with Crippen molar-refractivity contribution in [3.05, 3.63) is 267 Å². The van der Waals surface area contributed by atoms with Crippen LogP contribution in [-0.2, 0) is 30.9 Å². The van der Waals surface area contributed by atoms with Crippen molar-refractivity contribution in [3.8, 4) is 84.2 Å². The third kappa shape index (κ3) is 11.6. The zero-order valence-electron chi connectivity index (χ0n) is 50.5. The first-order valence-electron chi connectivity index (χ1n) is 29.4. The van der Waals surface area contributed by atoms with E-state index in [1.807, 2.05) is 54.8 Å². The number of nitrogens with zero attached hydrogens (tertiary/aromatic N) is 4. The Morgan fingerprint density at radius 2 is 0.708 bits per heavy atom. The van der Waals surface area contributed by atoms with E-state index in [0.717, 1.165) is 52.6 Å². The molecule has 0 aliphatic heterocycles. The van der Waals surface area contributed by atoms with Crippen molar-refractivity contribution >= 4 is 49.3 Å². The van der Waals surface area contributed by atoms with Crippen molar-refractivity contribution < 1.29 is 65.9 Å². The summed E-state index contributed by atoms with van der Waals surface area (Å²) in [6.45, 7) is 14.5. The lowest BCUT2D eigenvalue weighted by Gasteiger charge is -2.22. The Bertz CT molecular complexity index is 5430. The van der Waals surface area contributed by atoms with Crippen LogP contribution in [0.2, 0.25) is 0 Å². The monoisotopic (exact) mass is 1310 g/mol. The highest BCUT2D eigenvalue weighted by Gasteiger charge is 2.39. The van der Waals surface area contributed by atoms with Gasteiger partial charge in [-0.25, -0.2) is 4.85 Å². The Labute approximate surface area is 537 Å². The van der Waals surface area contributed by atoms with E-state index in [2.05, 4.69) is 10.9 Å². The van der Waals surface area contributed by atoms with E-state index in [0.29, 0.717) is 51.1 Å². The quantitative estimate of drug-likeness (QED) is 0.110. The van der Waals surface area contributed by atoms with Crippen LogP contribution in [0.3, 0.4) is 0 Å². The fraction of sp³-hybridized carbons (Fsp3) is 0.117. The Morgan fingerprint density at radius 3 is 1.10 bits per heavy atom. The van der Waals surface area contributed by atoms with Gasteiger partial charge in [0.2, 0.25) is 0 Å². The van der Waals surface area contributed by atoms with Gasteiger partial charge in [-0.05, 0) is 216 Å². The molecule has 0 N–H and O–H groups in total. The lowest BCUT2D eigenvalue weighted by Crippen LogP contribution is -2.11. The highest BCUT2D eigenvalue weighted by Crippen LogP contribution is 2.49. The van der Waals surface area contributed by atoms with Gasteiger partial charge in [-0.2, -0.15) is 71.1 Å². The molecule has 0 bridgehead atoms. The Hall–Kier alpha value is -11.1. The normalized spacial score (nSPS) is 12.5. The molecule has 478 valence electrons. The van der Waals surface area contributed by atoms with Gasteiger partial charge in [0, 0.05) is 32.7 Å². The maximum atomic E-state index is 15.4. The van der Waals surface area contributed by atoms with E-state index >= 15 is 13.2 Å². The van der Waals surface area contributed by atoms with Crippen LogP contribution in [0.25, 0.3) is 127 Å². The average Bonchev–Trinajstić information content (AvgIpc) is 1.56. The van der Waals surface area contributed by atoms with Crippen molar-refractivity contribution in [3.63, 3.8) is 0 Å². The topological polar surface area (TPSA) is 38.0 Å². The summed E-state index contributed by atoms with van der Waals surface area (Å²) in [5, 5.41) is 12.9. The zero-order valence-corrected chi connectivity index (χ0v) is 50.5. The molecular formula is C77H45F15N4. The second-order valence-corrected chi connectivity index (χ2v) is 23.8. The van der Waals surface area contributed by atoms with Crippen molar-refractivity contribution in [1.29, 1.82) is 5.26 Å². The number of fused-ring (bicyclic) bond motifs is 6. The van der Waals surface area contributed by atoms with Crippen LogP contribution in [-0.4, -0.2) is 9.13 Å². The summed E-state index contributed by atoms with van der Waals surface area (Å²) in [5.74, 6) is 0. The molecule has 19 heteroatoms. The van der Waals surface area contributed by atoms with Crippen molar-refractivity contribution in [2.45, 2.75) is 58.6 Å². The molecule has 2 heterocycles. The smallest absolute Gasteiger partial charge is 0.309 e. The second kappa shape index (κ2) is 22.9. The first-order chi connectivity index (χ1) is 45.2. The standard InChI is InChI=1S/C77H45F15N4/c1-40-21-41(2)23-50(22-40)44-9-18-68-62(32-44)63-34-46(52-25-43(4)27-55(29-52)74(81,82)83)11-19-69(63)96(68)71-8-6-7-49(39-93)72(71)64-36-48(59-15-14-58(94-5)38-65(59)77(90,91)92)13-20-70(64)95-66-16-10-45(51-24-42(3)26-54(28-51)73(78,79)80)33-60(66)61-35-47(12-17-67(61)95)53-30-56(75(84,85)86)37-57(31-53)76(87,88)89/h6-38H,1-4H3. The fourth-order valence-corrected chi connectivity index (χ4v) is 13.1. The predicted molar refractivity (Wildman–Crippen MR) is 343 cm³/mol. The average molecular weight is 1310 g/mol. The number of benzene rings is 11. The molecule has 0 spiro atoms. The first-order valence-corrected chi connectivity index (χ1v) is 29.4. The molecule has 0 aliphatic carbocycles. The van der Waals surface area contributed by atoms with Gasteiger partial charge in [-0.1, -0.05) is 90.0 Å². The molecule has 2 aromatic heterocycles. The largest absolute Gasteiger partial charge is 0.416 e. The van der Waals surface area contributed by atoms with Crippen LogP contribution in [0.1, 0.15) is 55.6 Å². The molecule has 13 aromatic rings. The molecular weight excluding hydrogens is 1270 g/mol. The molecule has 0 amide bonds. The number of aryl methyl sites for hydroxylation is 4. The van der Waals surface area contributed by atoms with E-state index in [-0.39, 0.29) is 101 Å². The minimum absolute atomic E-state index is 0.0197. The van der Waals surface area contributed by atoms with E-state index < -0.39 is 64.3 Å². The molecule has 0 radical (unpaired) electrons. The van der Waals surface area contributed by atoms with E-state index in [4.69, 9.17) is 6.57 Å². The zero-order chi connectivity index (χ0) is 68.5. The Balaban J connectivity index is 1.15. The Morgan fingerprint density at radius 1 is 0.333 bits per heavy atom. The molecule has 0 aliphatic rings. The molecule has 0 fully saturated rings. The van der Waals surface area contributed by atoms with Gasteiger partial charge < -0.3 is 9.13 Å². The minimum Gasteiger partial charge on any atom is -0.309 e. The number of hydrogen-bond donors (Lipinski definition) is 0. The van der Waals surface area contributed by atoms with Gasteiger partial charge in [-0.15, -0.1) is 0 Å². The summed E-state index contributed by atoms with van der Waals surface area (Å²) in [5.41, 5.74) is -0.812. The molecule has 0 saturated heterocycles. The number of hydrogen-bond acceptors (Lipinski definition) is 1.